The summed E-state index contributed by atoms with van der Waals surface area (Å²) in [5.41, 5.74) is 1.05. The molecular formula is C22H27N5O3. The topological polar surface area (TPSA) is 97.8 Å². The largest absolute Gasteiger partial charge is 0.388 e. The molecule has 1 saturated heterocycles. The third-order valence-electron chi connectivity index (χ3n) is 5.81. The minimum Gasteiger partial charge on any atom is -0.388 e. The van der Waals surface area contributed by atoms with Crippen molar-refractivity contribution in [2.24, 2.45) is 0 Å². The number of pyridine rings is 1. The summed E-state index contributed by atoms with van der Waals surface area (Å²) in [6.07, 6.45) is 2.74. The molecule has 0 aliphatic carbocycles. The van der Waals surface area contributed by atoms with Crippen LogP contribution in [0, 0.1) is 0 Å². The minimum absolute atomic E-state index is 0.0775. The molecule has 3 heterocycles. The highest BCUT2D eigenvalue weighted by atomic mass is 16.3. The zero-order valence-electron chi connectivity index (χ0n) is 17.1. The first-order chi connectivity index (χ1) is 14.4. The zero-order valence-corrected chi connectivity index (χ0v) is 17.1. The number of amides is 2. The fourth-order valence-electron chi connectivity index (χ4n) is 3.81. The number of hydrogen-bond acceptors (Lipinski definition) is 6. The van der Waals surface area contributed by atoms with Gasteiger partial charge < -0.3 is 25.5 Å². The van der Waals surface area contributed by atoms with Gasteiger partial charge in [-0.1, -0.05) is 30.3 Å². The molecule has 1 aromatic heterocycles. The van der Waals surface area contributed by atoms with Crippen LogP contribution < -0.4 is 15.5 Å². The summed E-state index contributed by atoms with van der Waals surface area (Å²) in [6.45, 7) is 2.37. The Morgan fingerprint density at radius 2 is 2.00 bits per heavy atom. The number of aromatic nitrogens is 1. The SMILES string of the molecule is CN1CCC(O)(CNC(=O)c2cnc3c(c2)N(Cc2ccccc2)C(=O)CN3)CC1. The van der Waals surface area contributed by atoms with Gasteiger partial charge in [0.25, 0.3) is 5.91 Å². The fourth-order valence-corrected chi connectivity index (χ4v) is 3.81. The molecule has 0 atom stereocenters. The molecule has 0 radical (unpaired) electrons. The quantitative estimate of drug-likeness (QED) is 0.687. The predicted molar refractivity (Wildman–Crippen MR) is 114 cm³/mol. The molecule has 2 aliphatic rings. The second-order valence-corrected chi connectivity index (χ2v) is 8.12. The van der Waals surface area contributed by atoms with E-state index in [1.165, 1.54) is 6.20 Å². The van der Waals surface area contributed by atoms with Gasteiger partial charge in [-0.2, -0.15) is 0 Å². The minimum atomic E-state index is -0.888. The van der Waals surface area contributed by atoms with E-state index >= 15 is 0 Å². The Bertz CT molecular complexity index is 926. The Morgan fingerprint density at radius 3 is 2.73 bits per heavy atom. The van der Waals surface area contributed by atoms with Crippen LogP contribution in [0.4, 0.5) is 11.5 Å². The number of benzene rings is 1. The van der Waals surface area contributed by atoms with Crippen LogP contribution in [0.2, 0.25) is 0 Å². The standard InChI is InChI=1S/C22H27N5O3/c1-26-9-7-22(30,8-10-26)15-25-21(29)17-11-18-20(23-12-17)24-13-19(28)27(18)14-16-5-3-2-4-6-16/h2-6,11-12,30H,7-10,13-15H2,1H3,(H,23,24)(H,25,29). The van der Waals surface area contributed by atoms with E-state index in [1.54, 1.807) is 11.0 Å². The number of carbonyl (C=O) groups is 2. The van der Waals surface area contributed by atoms with Crippen LogP contribution >= 0.6 is 0 Å². The van der Waals surface area contributed by atoms with Crippen molar-refractivity contribution in [3.05, 3.63) is 53.7 Å². The average Bonchev–Trinajstić information content (AvgIpc) is 2.77. The molecule has 0 saturated carbocycles. The highest BCUT2D eigenvalue weighted by Crippen LogP contribution is 2.30. The van der Waals surface area contributed by atoms with E-state index in [2.05, 4.69) is 20.5 Å². The smallest absolute Gasteiger partial charge is 0.253 e. The van der Waals surface area contributed by atoms with E-state index in [0.29, 0.717) is 36.5 Å². The number of carbonyl (C=O) groups excluding carboxylic acids is 2. The van der Waals surface area contributed by atoms with Crippen molar-refractivity contribution >= 4 is 23.3 Å². The van der Waals surface area contributed by atoms with Gasteiger partial charge in [0.2, 0.25) is 5.91 Å². The van der Waals surface area contributed by atoms with Gasteiger partial charge in [-0.25, -0.2) is 4.98 Å². The molecule has 2 amide bonds. The number of likely N-dealkylation sites (tertiary alicyclic amines) is 1. The molecule has 158 valence electrons. The number of aliphatic hydroxyl groups is 1. The van der Waals surface area contributed by atoms with Crippen LogP contribution in [0.25, 0.3) is 0 Å². The van der Waals surface area contributed by atoms with Crippen LogP contribution in [0.1, 0.15) is 28.8 Å². The maximum atomic E-state index is 12.7. The summed E-state index contributed by atoms with van der Waals surface area (Å²) in [7, 11) is 2.02. The molecule has 4 rings (SSSR count). The molecule has 1 fully saturated rings. The molecule has 1 aromatic carbocycles. The van der Waals surface area contributed by atoms with Crippen LogP contribution in [0.3, 0.4) is 0 Å². The second kappa shape index (κ2) is 8.41. The summed E-state index contributed by atoms with van der Waals surface area (Å²) in [5, 5.41) is 16.5. The number of nitrogens with zero attached hydrogens (tertiary/aromatic N) is 3. The van der Waals surface area contributed by atoms with Crippen molar-refractivity contribution in [1.29, 1.82) is 0 Å². The van der Waals surface area contributed by atoms with Crippen molar-refractivity contribution in [3.63, 3.8) is 0 Å². The lowest BCUT2D eigenvalue weighted by Gasteiger charge is -2.36. The van der Waals surface area contributed by atoms with E-state index in [4.69, 9.17) is 0 Å². The van der Waals surface area contributed by atoms with E-state index in [-0.39, 0.29) is 24.9 Å². The second-order valence-electron chi connectivity index (χ2n) is 8.12. The third-order valence-corrected chi connectivity index (χ3v) is 5.81. The van der Waals surface area contributed by atoms with Gasteiger partial charge in [0.05, 0.1) is 29.9 Å². The monoisotopic (exact) mass is 409 g/mol. The summed E-state index contributed by atoms with van der Waals surface area (Å²) in [4.78, 5) is 33.4. The Hall–Kier alpha value is -2.97. The molecule has 2 aliphatic heterocycles. The number of rotatable bonds is 5. The van der Waals surface area contributed by atoms with Gasteiger partial charge in [-0.3, -0.25) is 9.59 Å². The highest BCUT2D eigenvalue weighted by Gasteiger charge is 2.32. The Morgan fingerprint density at radius 1 is 1.27 bits per heavy atom. The van der Waals surface area contributed by atoms with Gasteiger partial charge >= 0.3 is 0 Å². The van der Waals surface area contributed by atoms with Crippen LogP contribution in [-0.4, -0.2) is 65.6 Å². The highest BCUT2D eigenvalue weighted by molar-refractivity contribution is 6.04. The van der Waals surface area contributed by atoms with Gasteiger partial charge in [0.15, 0.2) is 5.82 Å². The van der Waals surface area contributed by atoms with Gasteiger partial charge in [-0.05, 0) is 31.5 Å². The van der Waals surface area contributed by atoms with Crippen molar-refractivity contribution in [2.45, 2.75) is 25.0 Å². The molecule has 0 unspecified atom stereocenters. The summed E-state index contributed by atoms with van der Waals surface area (Å²) >= 11 is 0. The number of anilines is 2. The lowest BCUT2D eigenvalue weighted by molar-refractivity contribution is -0.117. The van der Waals surface area contributed by atoms with Gasteiger partial charge in [0, 0.05) is 25.8 Å². The van der Waals surface area contributed by atoms with Crippen LogP contribution in [-0.2, 0) is 11.3 Å². The third kappa shape index (κ3) is 4.44. The summed E-state index contributed by atoms with van der Waals surface area (Å²) in [5.74, 6) is 0.192. The van der Waals surface area contributed by atoms with Crippen molar-refractivity contribution < 1.29 is 14.7 Å². The molecule has 2 aromatic rings. The van der Waals surface area contributed by atoms with Crippen molar-refractivity contribution in [2.75, 3.05) is 43.4 Å². The summed E-state index contributed by atoms with van der Waals surface area (Å²) in [6, 6.07) is 11.4. The van der Waals surface area contributed by atoms with E-state index in [0.717, 1.165) is 18.7 Å². The van der Waals surface area contributed by atoms with E-state index in [1.807, 2.05) is 37.4 Å². The first kappa shape index (κ1) is 20.3. The van der Waals surface area contributed by atoms with E-state index < -0.39 is 5.60 Å². The Balaban J connectivity index is 1.49. The molecule has 0 spiro atoms. The van der Waals surface area contributed by atoms with E-state index in [9.17, 15) is 14.7 Å². The normalized spacial score (nSPS) is 18.5. The van der Waals surface area contributed by atoms with Gasteiger partial charge in [-0.15, -0.1) is 0 Å². The molecular weight excluding hydrogens is 382 g/mol. The predicted octanol–water partition coefficient (Wildman–Crippen LogP) is 1.23. The zero-order chi connectivity index (χ0) is 21.1. The molecule has 30 heavy (non-hydrogen) atoms. The summed E-state index contributed by atoms with van der Waals surface area (Å²) < 4.78 is 0. The maximum Gasteiger partial charge on any atom is 0.253 e. The van der Waals surface area contributed by atoms with Gasteiger partial charge in [0.1, 0.15) is 0 Å². The Labute approximate surface area is 175 Å². The lowest BCUT2D eigenvalue weighted by Crippen LogP contribution is -2.50. The first-order valence-corrected chi connectivity index (χ1v) is 10.2. The molecule has 0 bridgehead atoms. The maximum absolute atomic E-state index is 12.7. The molecule has 3 N–H and O–H groups in total. The number of nitrogens with one attached hydrogen (secondary N) is 2. The molecule has 8 heteroatoms. The van der Waals surface area contributed by atoms with Crippen molar-refractivity contribution in [3.8, 4) is 0 Å². The van der Waals surface area contributed by atoms with Crippen LogP contribution in [0.5, 0.6) is 0 Å². The average molecular weight is 409 g/mol. The Kier molecular flexibility index (Phi) is 5.69. The fraction of sp³-hybridized carbons (Fsp3) is 0.409. The number of piperidine rings is 1. The van der Waals surface area contributed by atoms with Crippen LogP contribution in [0.15, 0.2) is 42.6 Å². The molecule has 8 nitrogen and oxygen atoms in total. The number of hydrogen-bond donors (Lipinski definition) is 3. The lowest BCUT2D eigenvalue weighted by atomic mass is 9.91. The first-order valence-electron chi connectivity index (χ1n) is 10.2. The van der Waals surface area contributed by atoms with Crippen molar-refractivity contribution in [1.82, 2.24) is 15.2 Å². The number of fused-ring (bicyclic) bond motifs is 1.